The van der Waals surface area contributed by atoms with E-state index in [0.717, 1.165) is 25.9 Å². The van der Waals surface area contributed by atoms with Gasteiger partial charge in [-0.2, -0.15) is 4.68 Å². The summed E-state index contributed by atoms with van der Waals surface area (Å²) >= 11 is 0. The summed E-state index contributed by atoms with van der Waals surface area (Å²) in [4.78, 5) is 25.7. The van der Waals surface area contributed by atoms with E-state index in [9.17, 15) is 19.3 Å². The third-order valence-electron chi connectivity index (χ3n) is 4.94. The Kier molecular flexibility index (Phi) is 5.09. The minimum atomic E-state index is -0.561. The molecule has 0 unspecified atom stereocenters. The van der Waals surface area contributed by atoms with E-state index in [4.69, 9.17) is 0 Å². The molecule has 2 aromatic carbocycles. The lowest BCUT2D eigenvalue weighted by molar-refractivity contribution is -0.384. The average Bonchev–Trinajstić information content (AvgIpc) is 3.41. The van der Waals surface area contributed by atoms with Crippen molar-refractivity contribution in [3.05, 3.63) is 63.7 Å². The Labute approximate surface area is 170 Å². The number of amides is 1. The van der Waals surface area contributed by atoms with Crippen LogP contribution in [0, 0.1) is 22.9 Å². The van der Waals surface area contributed by atoms with Crippen LogP contribution in [0.25, 0.3) is 5.69 Å². The number of aryl methyl sites for hydroxylation is 1. The zero-order valence-electron chi connectivity index (χ0n) is 16.1. The standard InChI is InChI=1S/C19H18FN7O3/c1-12-22-23-24-26(12)17-11-14(5-6-15(17)20)21-19(28)13-4-7-16(18(10-13)27(29)30)25-8-2-3-9-25/h4-7,10-11H,2-3,8-9H2,1H3,(H,21,28). The number of rotatable bonds is 5. The van der Waals surface area contributed by atoms with Crippen molar-refractivity contribution < 1.29 is 14.1 Å². The van der Waals surface area contributed by atoms with Crippen molar-refractivity contribution in [2.45, 2.75) is 19.8 Å². The molecule has 0 radical (unpaired) electrons. The molecule has 0 saturated carbocycles. The number of halogens is 1. The van der Waals surface area contributed by atoms with Crippen LogP contribution in [0.3, 0.4) is 0 Å². The van der Waals surface area contributed by atoms with E-state index in [1.54, 1.807) is 19.1 Å². The number of nitrogens with one attached hydrogen (secondary N) is 1. The van der Waals surface area contributed by atoms with Crippen LogP contribution >= 0.6 is 0 Å². The van der Waals surface area contributed by atoms with Crippen LogP contribution in [0.1, 0.15) is 29.0 Å². The third kappa shape index (κ3) is 3.69. The number of carbonyl (C=O) groups excluding carboxylic acids is 1. The summed E-state index contributed by atoms with van der Waals surface area (Å²) in [5.74, 6) is -0.725. The van der Waals surface area contributed by atoms with Gasteiger partial charge in [0.2, 0.25) is 0 Å². The van der Waals surface area contributed by atoms with Crippen molar-refractivity contribution in [2.24, 2.45) is 0 Å². The zero-order chi connectivity index (χ0) is 21.3. The van der Waals surface area contributed by atoms with E-state index in [-0.39, 0.29) is 16.9 Å². The van der Waals surface area contributed by atoms with Crippen LogP contribution < -0.4 is 10.2 Å². The van der Waals surface area contributed by atoms with Crippen molar-refractivity contribution in [2.75, 3.05) is 23.3 Å². The summed E-state index contributed by atoms with van der Waals surface area (Å²) in [6.07, 6.45) is 1.96. The lowest BCUT2D eigenvalue weighted by Crippen LogP contribution is -2.20. The number of hydrogen-bond donors (Lipinski definition) is 1. The number of hydrogen-bond acceptors (Lipinski definition) is 7. The molecular weight excluding hydrogens is 393 g/mol. The number of aromatic nitrogens is 4. The molecule has 11 heteroatoms. The van der Waals surface area contributed by atoms with Gasteiger partial charge in [0.15, 0.2) is 5.82 Å². The molecule has 3 aromatic rings. The van der Waals surface area contributed by atoms with Crippen molar-refractivity contribution in [1.29, 1.82) is 0 Å². The number of nitro groups is 1. The molecule has 10 nitrogen and oxygen atoms in total. The fraction of sp³-hybridized carbons (Fsp3) is 0.263. The molecule has 1 fully saturated rings. The maximum Gasteiger partial charge on any atom is 0.293 e. The van der Waals surface area contributed by atoms with Gasteiger partial charge >= 0.3 is 0 Å². The number of tetrazole rings is 1. The van der Waals surface area contributed by atoms with E-state index in [1.807, 2.05) is 4.90 Å². The fourth-order valence-electron chi connectivity index (χ4n) is 3.45. The predicted molar refractivity (Wildman–Crippen MR) is 106 cm³/mol. The summed E-state index contributed by atoms with van der Waals surface area (Å²) in [7, 11) is 0. The fourth-order valence-corrected chi connectivity index (χ4v) is 3.45. The van der Waals surface area contributed by atoms with Gasteiger partial charge in [-0.25, -0.2) is 4.39 Å². The molecule has 0 atom stereocenters. The van der Waals surface area contributed by atoms with E-state index in [1.165, 1.54) is 28.9 Å². The summed E-state index contributed by atoms with van der Waals surface area (Å²) in [5.41, 5.74) is 0.901. The van der Waals surface area contributed by atoms with Crippen molar-refractivity contribution >= 4 is 23.0 Å². The summed E-state index contributed by atoms with van der Waals surface area (Å²) in [6, 6.07) is 8.38. The second kappa shape index (κ2) is 7.85. The summed E-state index contributed by atoms with van der Waals surface area (Å²) in [5, 5.41) is 25.1. The number of benzene rings is 2. The average molecular weight is 411 g/mol. The Balaban J connectivity index is 1.60. The van der Waals surface area contributed by atoms with Crippen LogP contribution in [0.15, 0.2) is 36.4 Å². The first-order valence-corrected chi connectivity index (χ1v) is 9.33. The van der Waals surface area contributed by atoms with Crippen LogP contribution in [0.4, 0.5) is 21.5 Å². The number of carbonyl (C=O) groups is 1. The Morgan fingerprint density at radius 1 is 1.17 bits per heavy atom. The van der Waals surface area contributed by atoms with Gasteiger partial charge in [0.25, 0.3) is 11.6 Å². The van der Waals surface area contributed by atoms with Gasteiger partial charge in [-0.1, -0.05) is 0 Å². The van der Waals surface area contributed by atoms with Crippen LogP contribution in [0.5, 0.6) is 0 Å². The molecular formula is C19H18FN7O3. The van der Waals surface area contributed by atoms with Gasteiger partial charge in [-0.15, -0.1) is 5.10 Å². The van der Waals surface area contributed by atoms with Gasteiger partial charge in [0.05, 0.1) is 4.92 Å². The Bertz CT molecular complexity index is 1130. The number of nitrogens with zero attached hydrogens (tertiary/aromatic N) is 6. The maximum atomic E-state index is 14.2. The molecule has 4 rings (SSSR count). The molecule has 0 bridgehead atoms. The second-order valence-electron chi connectivity index (χ2n) is 6.91. The highest BCUT2D eigenvalue weighted by molar-refractivity contribution is 6.05. The first kappa shape index (κ1) is 19.4. The topological polar surface area (TPSA) is 119 Å². The Morgan fingerprint density at radius 2 is 1.93 bits per heavy atom. The number of nitro benzene ring substituents is 1. The molecule has 30 heavy (non-hydrogen) atoms. The lowest BCUT2D eigenvalue weighted by Gasteiger charge is -2.17. The molecule has 1 aliphatic heterocycles. The summed E-state index contributed by atoms with van der Waals surface area (Å²) in [6.45, 7) is 3.12. The molecule has 154 valence electrons. The molecule has 0 aliphatic carbocycles. The monoisotopic (exact) mass is 411 g/mol. The summed E-state index contributed by atoms with van der Waals surface area (Å²) < 4.78 is 15.4. The molecule has 1 aromatic heterocycles. The van der Waals surface area contributed by atoms with Gasteiger partial charge in [0.1, 0.15) is 17.2 Å². The molecule has 1 aliphatic rings. The first-order valence-electron chi connectivity index (χ1n) is 9.33. The Hall–Kier alpha value is -3.89. The highest BCUT2D eigenvalue weighted by atomic mass is 19.1. The third-order valence-corrected chi connectivity index (χ3v) is 4.94. The highest BCUT2D eigenvalue weighted by Gasteiger charge is 2.24. The van der Waals surface area contributed by atoms with Crippen molar-refractivity contribution in [3.63, 3.8) is 0 Å². The van der Waals surface area contributed by atoms with Crippen LogP contribution in [-0.4, -0.2) is 44.1 Å². The normalized spacial score (nSPS) is 13.5. The maximum absolute atomic E-state index is 14.2. The van der Waals surface area contributed by atoms with Crippen LogP contribution in [0.2, 0.25) is 0 Å². The molecule has 1 N–H and O–H groups in total. The van der Waals surface area contributed by atoms with E-state index < -0.39 is 16.6 Å². The van der Waals surface area contributed by atoms with Crippen LogP contribution in [-0.2, 0) is 0 Å². The SMILES string of the molecule is Cc1nnnn1-c1cc(NC(=O)c2ccc(N3CCCC3)c([N+](=O)[O-])c2)ccc1F. The van der Waals surface area contributed by atoms with Gasteiger partial charge in [-0.05, 0) is 60.5 Å². The van der Waals surface area contributed by atoms with Crippen molar-refractivity contribution in [3.8, 4) is 5.69 Å². The van der Waals surface area contributed by atoms with E-state index in [0.29, 0.717) is 17.2 Å². The van der Waals surface area contributed by atoms with Gasteiger partial charge < -0.3 is 10.2 Å². The van der Waals surface area contributed by atoms with Gasteiger partial charge in [0, 0.05) is 30.4 Å². The minimum Gasteiger partial charge on any atom is -0.366 e. The quantitative estimate of drug-likeness (QED) is 0.506. The largest absolute Gasteiger partial charge is 0.366 e. The number of anilines is 2. The first-order chi connectivity index (χ1) is 14.4. The Morgan fingerprint density at radius 3 is 2.60 bits per heavy atom. The van der Waals surface area contributed by atoms with E-state index >= 15 is 0 Å². The van der Waals surface area contributed by atoms with E-state index in [2.05, 4.69) is 20.8 Å². The highest BCUT2D eigenvalue weighted by Crippen LogP contribution is 2.32. The molecule has 0 spiro atoms. The smallest absolute Gasteiger partial charge is 0.293 e. The zero-order valence-corrected chi connectivity index (χ0v) is 16.1. The second-order valence-corrected chi connectivity index (χ2v) is 6.91. The molecule has 1 amide bonds. The van der Waals surface area contributed by atoms with Crippen molar-refractivity contribution in [1.82, 2.24) is 20.2 Å². The minimum absolute atomic E-state index is 0.0747. The molecule has 1 saturated heterocycles. The lowest BCUT2D eigenvalue weighted by atomic mass is 10.1. The van der Waals surface area contributed by atoms with Gasteiger partial charge in [-0.3, -0.25) is 14.9 Å². The molecule has 2 heterocycles. The predicted octanol–water partition coefficient (Wildman–Crippen LogP) is 2.87.